The summed E-state index contributed by atoms with van der Waals surface area (Å²) in [7, 11) is 0. The molecular weight excluding hydrogens is 242 g/mol. The number of hydrogen-bond donors (Lipinski definition) is 2. The lowest BCUT2D eigenvalue weighted by molar-refractivity contribution is 0.292. The first-order valence-corrected chi connectivity index (χ1v) is 6.08. The third-order valence-electron chi connectivity index (χ3n) is 2.48. The monoisotopic (exact) mass is 257 g/mol. The summed E-state index contributed by atoms with van der Waals surface area (Å²) in [5.74, 6) is 1.34. The molecule has 0 aromatic heterocycles. The smallest absolute Gasteiger partial charge is 0.179 e. The van der Waals surface area contributed by atoms with Crippen LogP contribution in [0.4, 0.5) is 0 Å². The minimum Gasteiger partial charge on any atom is -0.489 e. The van der Waals surface area contributed by atoms with E-state index in [9.17, 15) is 0 Å². The fraction of sp³-hybridized carbons (Fsp3) is 0.500. The van der Waals surface area contributed by atoms with E-state index in [1.165, 1.54) is 0 Å². The van der Waals surface area contributed by atoms with Crippen molar-refractivity contribution in [3.8, 4) is 11.5 Å². The van der Waals surface area contributed by atoms with Gasteiger partial charge in [-0.2, -0.15) is 0 Å². The summed E-state index contributed by atoms with van der Waals surface area (Å²) in [5.41, 5.74) is 1.02. The molecule has 4 nitrogen and oxygen atoms in total. The summed E-state index contributed by atoms with van der Waals surface area (Å²) in [5, 5.41) is 12.4. The van der Waals surface area contributed by atoms with Crippen LogP contribution in [-0.2, 0) is 6.54 Å². The molecule has 0 aliphatic carbocycles. The van der Waals surface area contributed by atoms with E-state index in [4.69, 9.17) is 26.2 Å². The van der Waals surface area contributed by atoms with Crippen LogP contribution in [0, 0.1) is 0 Å². The molecule has 0 saturated carbocycles. The quantitative estimate of drug-likeness (QED) is 0.805. The molecule has 0 spiro atoms. The molecular formula is C12H16ClNO3. The molecule has 0 amide bonds. The van der Waals surface area contributed by atoms with Crippen molar-refractivity contribution in [1.82, 2.24) is 5.32 Å². The van der Waals surface area contributed by atoms with Crippen LogP contribution in [0.2, 0.25) is 5.02 Å². The van der Waals surface area contributed by atoms with Gasteiger partial charge in [0.15, 0.2) is 11.5 Å². The number of halogens is 1. The van der Waals surface area contributed by atoms with E-state index in [2.05, 4.69) is 5.32 Å². The van der Waals surface area contributed by atoms with E-state index < -0.39 is 0 Å². The summed E-state index contributed by atoms with van der Waals surface area (Å²) in [6.45, 7) is 2.62. The topological polar surface area (TPSA) is 50.7 Å². The van der Waals surface area contributed by atoms with Crippen molar-refractivity contribution in [2.45, 2.75) is 13.0 Å². The van der Waals surface area contributed by atoms with Crippen molar-refractivity contribution in [2.24, 2.45) is 0 Å². The van der Waals surface area contributed by atoms with Gasteiger partial charge in [0, 0.05) is 19.5 Å². The van der Waals surface area contributed by atoms with Gasteiger partial charge in [-0.3, -0.25) is 0 Å². The predicted molar refractivity (Wildman–Crippen MR) is 65.9 cm³/mol. The lowest BCUT2D eigenvalue weighted by Gasteiger charge is -2.11. The average Bonchev–Trinajstić information content (AvgIpc) is 2.55. The molecule has 0 radical (unpaired) electrons. The van der Waals surface area contributed by atoms with Crippen LogP contribution in [-0.4, -0.2) is 31.5 Å². The van der Waals surface area contributed by atoms with Gasteiger partial charge in [-0.15, -0.1) is 0 Å². The molecule has 0 atom stereocenters. The Morgan fingerprint density at radius 2 is 2.12 bits per heavy atom. The van der Waals surface area contributed by atoms with Gasteiger partial charge < -0.3 is 19.9 Å². The van der Waals surface area contributed by atoms with E-state index in [1.54, 1.807) is 0 Å². The van der Waals surface area contributed by atoms with Crippen molar-refractivity contribution >= 4 is 11.6 Å². The Morgan fingerprint density at radius 1 is 1.29 bits per heavy atom. The van der Waals surface area contributed by atoms with E-state index in [-0.39, 0.29) is 6.61 Å². The van der Waals surface area contributed by atoms with Crippen molar-refractivity contribution in [3.05, 3.63) is 22.7 Å². The first kappa shape index (κ1) is 12.5. The molecule has 17 heavy (non-hydrogen) atoms. The zero-order valence-corrected chi connectivity index (χ0v) is 10.3. The van der Waals surface area contributed by atoms with Crippen LogP contribution in [0.15, 0.2) is 12.1 Å². The molecule has 1 aromatic rings. The highest BCUT2D eigenvalue weighted by Gasteiger charge is 2.15. The lowest BCUT2D eigenvalue weighted by Crippen LogP contribution is -2.17. The second kappa shape index (κ2) is 6.10. The van der Waals surface area contributed by atoms with Gasteiger partial charge in [-0.1, -0.05) is 11.6 Å². The lowest BCUT2D eigenvalue weighted by atomic mass is 10.2. The Hall–Kier alpha value is -0.970. The van der Waals surface area contributed by atoms with Crippen LogP contribution >= 0.6 is 11.6 Å². The molecule has 2 rings (SSSR count). The summed E-state index contributed by atoms with van der Waals surface area (Å²) in [6.07, 6.45) is 0.864. The minimum atomic E-state index is 0.123. The highest BCUT2D eigenvalue weighted by molar-refractivity contribution is 6.32. The average molecular weight is 258 g/mol. The van der Waals surface area contributed by atoms with Crippen LogP contribution in [0.5, 0.6) is 11.5 Å². The number of ether oxygens (including phenoxy) is 2. The molecule has 1 aliphatic heterocycles. The molecule has 1 aromatic carbocycles. The molecule has 0 saturated heterocycles. The summed E-state index contributed by atoms with van der Waals surface area (Å²) in [6, 6.07) is 3.79. The highest BCUT2D eigenvalue weighted by Crippen LogP contribution is 2.37. The van der Waals surface area contributed by atoms with Crippen LogP contribution in [0.25, 0.3) is 0 Å². The van der Waals surface area contributed by atoms with Gasteiger partial charge >= 0.3 is 0 Å². The van der Waals surface area contributed by atoms with Crippen LogP contribution in [0.1, 0.15) is 12.0 Å². The maximum atomic E-state index is 8.69. The molecule has 0 bridgehead atoms. The van der Waals surface area contributed by atoms with E-state index in [0.717, 1.165) is 12.0 Å². The fourth-order valence-corrected chi connectivity index (χ4v) is 1.99. The number of benzene rings is 1. The molecule has 94 valence electrons. The Balaban J connectivity index is 2.14. The number of aliphatic hydroxyl groups is 1. The maximum Gasteiger partial charge on any atom is 0.179 e. The molecule has 1 heterocycles. The number of rotatable bonds is 4. The van der Waals surface area contributed by atoms with Gasteiger partial charge in [0.2, 0.25) is 0 Å². The zero-order chi connectivity index (χ0) is 12.1. The second-order valence-corrected chi connectivity index (χ2v) is 4.26. The van der Waals surface area contributed by atoms with Crippen molar-refractivity contribution in [2.75, 3.05) is 26.4 Å². The van der Waals surface area contributed by atoms with Gasteiger partial charge in [0.1, 0.15) is 0 Å². The van der Waals surface area contributed by atoms with Crippen LogP contribution < -0.4 is 14.8 Å². The maximum absolute atomic E-state index is 8.69. The molecule has 1 aliphatic rings. The Morgan fingerprint density at radius 3 is 2.94 bits per heavy atom. The van der Waals surface area contributed by atoms with Gasteiger partial charge in [-0.25, -0.2) is 0 Å². The number of fused-ring (bicyclic) bond motifs is 1. The molecule has 0 unspecified atom stereocenters. The highest BCUT2D eigenvalue weighted by atomic mass is 35.5. The molecule has 5 heteroatoms. The first-order valence-electron chi connectivity index (χ1n) is 5.71. The summed E-state index contributed by atoms with van der Waals surface area (Å²) in [4.78, 5) is 0. The number of hydrogen-bond acceptors (Lipinski definition) is 4. The van der Waals surface area contributed by atoms with Crippen molar-refractivity contribution < 1.29 is 14.6 Å². The predicted octanol–water partition coefficient (Wildman–Crippen LogP) is 1.58. The Bertz CT molecular complexity index is 384. The Labute approximate surface area is 105 Å². The largest absolute Gasteiger partial charge is 0.489 e. The van der Waals surface area contributed by atoms with E-state index >= 15 is 0 Å². The van der Waals surface area contributed by atoms with Gasteiger partial charge in [0.25, 0.3) is 0 Å². The van der Waals surface area contributed by atoms with E-state index in [0.29, 0.717) is 42.8 Å². The fourth-order valence-electron chi connectivity index (χ4n) is 1.70. The second-order valence-electron chi connectivity index (χ2n) is 3.86. The summed E-state index contributed by atoms with van der Waals surface area (Å²) < 4.78 is 11.1. The van der Waals surface area contributed by atoms with Crippen molar-refractivity contribution in [3.63, 3.8) is 0 Å². The first-order chi connectivity index (χ1) is 8.31. The SMILES string of the molecule is OCCNCc1cc(Cl)c2c(c1)OCCCO2. The number of aliphatic hydroxyl groups excluding tert-OH is 1. The summed E-state index contributed by atoms with van der Waals surface area (Å²) >= 11 is 6.15. The third kappa shape index (κ3) is 3.25. The van der Waals surface area contributed by atoms with Gasteiger partial charge in [0.05, 0.1) is 24.8 Å². The Kier molecular flexibility index (Phi) is 4.48. The molecule has 0 fully saturated rings. The van der Waals surface area contributed by atoms with Gasteiger partial charge in [-0.05, 0) is 17.7 Å². The van der Waals surface area contributed by atoms with Crippen LogP contribution in [0.3, 0.4) is 0 Å². The zero-order valence-electron chi connectivity index (χ0n) is 9.54. The third-order valence-corrected chi connectivity index (χ3v) is 2.76. The number of nitrogens with one attached hydrogen (secondary N) is 1. The van der Waals surface area contributed by atoms with Crippen molar-refractivity contribution in [1.29, 1.82) is 0 Å². The minimum absolute atomic E-state index is 0.123. The molecule has 2 N–H and O–H groups in total. The standard InChI is InChI=1S/C12H16ClNO3/c13-10-6-9(8-14-2-3-15)7-11-12(10)17-5-1-4-16-11/h6-7,14-15H,1-5,8H2. The normalized spacial score (nSPS) is 14.5. The van der Waals surface area contributed by atoms with E-state index in [1.807, 2.05) is 12.1 Å².